The highest BCUT2D eigenvalue weighted by Gasteiger charge is 2.09. The van der Waals surface area contributed by atoms with Gasteiger partial charge < -0.3 is 18.9 Å². The highest BCUT2D eigenvalue weighted by molar-refractivity contribution is 5.74. The van der Waals surface area contributed by atoms with Crippen LogP contribution < -0.4 is 9.47 Å². The molecular formula is C70H114O4. The van der Waals surface area contributed by atoms with Crippen molar-refractivity contribution in [2.45, 2.75) is 272 Å². The summed E-state index contributed by atoms with van der Waals surface area (Å²) >= 11 is 0. The van der Waals surface area contributed by atoms with Crippen LogP contribution in [0.3, 0.4) is 0 Å². The van der Waals surface area contributed by atoms with E-state index in [0.29, 0.717) is 0 Å². The fourth-order valence-corrected chi connectivity index (χ4v) is 9.95. The van der Waals surface area contributed by atoms with E-state index in [-0.39, 0.29) is 0 Å². The number of benzene rings is 3. The van der Waals surface area contributed by atoms with Crippen molar-refractivity contribution in [1.29, 1.82) is 0 Å². The van der Waals surface area contributed by atoms with Gasteiger partial charge in [0.2, 0.25) is 0 Å². The molecule has 0 heterocycles. The zero-order valence-electron chi connectivity index (χ0n) is 48.8. The maximum atomic E-state index is 6.47. The number of unbranched alkanes of at least 4 members (excludes halogenated alkanes) is 30. The Kier molecular flexibility index (Phi) is 42.2. The molecule has 3 rings (SSSR count). The summed E-state index contributed by atoms with van der Waals surface area (Å²) in [5.41, 5.74) is 7.92. The molecule has 0 aliphatic carbocycles. The van der Waals surface area contributed by atoms with Crippen LogP contribution >= 0.6 is 0 Å². The minimum Gasteiger partial charge on any atom is -0.490 e. The fraction of sp³-hybridized carbons (Fsp3) is 0.686. The number of hydrogen-bond acceptors (Lipinski definition) is 4. The van der Waals surface area contributed by atoms with Crippen molar-refractivity contribution in [2.75, 3.05) is 39.6 Å². The first-order valence-corrected chi connectivity index (χ1v) is 31.8. The van der Waals surface area contributed by atoms with Crippen LogP contribution in [0.4, 0.5) is 0 Å². The predicted molar refractivity (Wildman–Crippen MR) is 326 cm³/mol. The highest BCUT2D eigenvalue weighted by atomic mass is 16.5. The molecule has 74 heavy (non-hydrogen) atoms. The lowest BCUT2D eigenvalue weighted by atomic mass is 9.94. The van der Waals surface area contributed by atoms with Crippen molar-refractivity contribution in [3.05, 3.63) is 94.0 Å². The van der Waals surface area contributed by atoms with Gasteiger partial charge in [0.15, 0.2) is 11.5 Å². The summed E-state index contributed by atoms with van der Waals surface area (Å²) in [5, 5.41) is 0. The van der Waals surface area contributed by atoms with Gasteiger partial charge in [-0.25, -0.2) is 0 Å². The Morgan fingerprint density at radius 1 is 0.257 bits per heavy atom. The Morgan fingerprint density at radius 3 is 0.986 bits per heavy atom. The molecule has 3 aromatic rings. The summed E-state index contributed by atoms with van der Waals surface area (Å²) in [5.74, 6) is 1.76. The van der Waals surface area contributed by atoms with Crippen molar-refractivity contribution < 1.29 is 18.9 Å². The maximum Gasteiger partial charge on any atom is 0.161 e. The van der Waals surface area contributed by atoms with E-state index in [0.717, 1.165) is 76.0 Å². The minimum atomic E-state index is 0.740. The zero-order chi connectivity index (χ0) is 52.5. The number of hydrogen-bond donors (Lipinski definition) is 0. The first kappa shape index (κ1) is 64.9. The van der Waals surface area contributed by atoms with Crippen molar-refractivity contribution >= 4 is 24.3 Å². The Balaban J connectivity index is 1.55. The van der Waals surface area contributed by atoms with Crippen molar-refractivity contribution in [3.63, 3.8) is 0 Å². The van der Waals surface area contributed by atoms with Gasteiger partial charge in [-0.1, -0.05) is 280 Å². The topological polar surface area (TPSA) is 36.9 Å². The molecular weight excluding hydrogens is 905 g/mol. The molecule has 0 radical (unpaired) electrons. The smallest absolute Gasteiger partial charge is 0.161 e. The molecule has 3 aromatic carbocycles. The van der Waals surface area contributed by atoms with Crippen LogP contribution in [0, 0.1) is 0 Å². The molecule has 4 nitrogen and oxygen atoms in total. The van der Waals surface area contributed by atoms with Gasteiger partial charge in [0.25, 0.3) is 0 Å². The van der Waals surface area contributed by atoms with Gasteiger partial charge in [-0.05, 0) is 110 Å². The average molecular weight is 1020 g/mol. The third kappa shape index (κ3) is 35.1. The second-order valence-electron chi connectivity index (χ2n) is 21.8. The Bertz CT molecular complexity index is 1630. The quantitative estimate of drug-likeness (QED) is 0.0417. The van der Waals surface area contributed by atoms with Gasteiger partial charge in [0, 0.05) is 26.4 Å². The molecule has 0 amide bonds. The second kappa shape index (κ2) is 48.1. The highest BCUT2D eigenvalue weighted by Crippen LogP contribution is 2.30. The summed E-state index contributed by atoms with van der Waals surface area (Å²) in [4.78, 5) is 0. The Hall–Kier alpha value is -3.34. The third-order valence-corrected chi connectivity index (χ3v) is 14.8. The van der Waals surface area contributed by atoms with Crippen LogP contribution in [0.2, 0.25) is 0 Å². The van der Waals surface area contributed by atoms with E-state index in [4.69, 9.17) is 18.9 Å². The monoisotopic (exact) mass is 1020 g/mol. The van der Waals surface area contributed by atoms with E-state index in [9.17, 15) is 0 Å². The summed E-state index contributed by atoms with van der Waals surface area (Å²) in [6, 6.07) is 22.6. The molecule has 0 bridgehead atoms. The fourth-order valence-electron chi connectivity index (χ4n) is 9.95. The molecule has 418 valence electrons. The molecule has 0 unspecified atom stereocenters. The van der Waals surface area contributed by atoms with E-state index < -0.39 is 0 Å². The molecule has 0 saturated heterocycles. The standard InChI is InChI=1S/C70H114O4/c1-5-9-13-17-19-21-23-25-29-39-59-73-69-54-52-66(62-70(69)74-60-40-30-26-24-22-20-18-14-10-6-2)50-48-64-45-43-63(44-46-64)47-49-65-51-53-67(41-33-27-31-37-57-71-55-35-15-11-7-3)68(61-65)42-34-28-32-38-58-72-56-36-16-12-8-4/h43-54,61-62H,5-42,55-60H2,1-4H3. The number of ether oxygens (including phenoxy) is 4. The lowest BCUT2D eigenvalue weighted by Crippen LogP contribution is -2.03. The van der Waals surface area contributed by atoms with Crippen LogP contribution in [0.25, 0.3) is 24.3 Å². The number of aryl methyl sites for hydroxylation is 2. The van der Waals surface area contributed by atoms with Crippen LogP contribution in [0.15, 0.2) is 60.7 Å². The minimum absolute atomic E-state index is 0.740. The molecule has 0 fully saturated rings. The molecule has 4 heteroatoms. The third-order valence-electron chi connectivity index (χ3n) is 14.8. The first-order chi connectivity index (χ1) is 36.7. The molecule has 0 aromatic heterocycles. The van der Waals surface area contributed by atoms with Crippen LogP contribution in [-0.4, -0.2) is 39.6 Å². The Morgan fingerprint density at radius 2 is 0.554 bits per heavy atom. The van der Waals surface area contributed by atoms with E-state index in [2.05, 4.69) is 113 Å². The van der Waals surface area contributed by atoms with Crippen molar-refractivity contribution in [3.8, 4) is 11.5 Å². The first-order valence-electron chi connectivity index (χ1n) is 31.8. The summed E-state index contributed by atoms with van der Waals surface area (Å²) < 4.78 is 24.7. The lowest BCUT2D eigenvalue weighted by Gasteiger charge is -2.14. The SMILES string of the molecule is CCCCCCCCCCCCOc1ccc(C=Cc2ccc(C=Cc3ccc(CCCCCCOCCCCCC)c(CCCCCCOCCCCCC)c3)cc2)cc1OCCCCCCCCCCCC. The summed E-state index contributed by atoms with van der Waals surface area (Å²) in [7, 11) is 0. The maximum absolute atomic E-state index is 6.47. The molecule has 0 atom stereocenters. The van der Waals surface area contributed by atoms with Gasteiger partial charge in [-0.2, -0.15) is 0 Å². The summed E-state index contributed by atoms with van der Waals surface area (Å²) in [6.45, 7) is 14.3. The van der Waals surface area contributed by atoms with E-state index in [1.807, 2.05) is 0 Å². The van der Waals surface area contributed by atoms with Crippen LogP contribution in [0.1, 0.15) is 292 Å². The van der Waals surface area contributed by atoms with Crippen molar-refractivity contribution in [1.82, 2.24) is 0 Å². The molecule has 0 aliphatic heterocycles. The summed E-state index contributed by atoms with van der Waals surface area (Å²) in [6.07, 6.45) is 58.0. The van der Waals surface area contributed by atoms with Gasteiger partial charge in [-0.15, -0.1) is 0 Å². The van der Waals surface area contributed by atoms with Crippen molar-refractivity contribution in [2.24, 2.45) is 0 Å². The van der Waals surface area contributed by atoms with Gasteiger partial charge in [-0.3, -0.25) is 0 Å². The number of rotatable bonds is 52. The second-order valence-corrected chi connectivity index (χ2v) is 21.8. The normalized spacial score (nSPS) is 11.7. The molecule has 0 spiro atoms. The average Bonchev–Trinajstić information content (AvgIpc) is 3.42. The van der Waals surface area contributed by atoms with Crippen LogP contribution in [0.5, 0.6) is 11.5 Å². The zero-order valence-corrected chi connectivity index (χ0v) is 48.8. The van der Waals surface area contributed by atoms with E-state index in [1.54, 1.807) is 5.56 Å². The van der Waals surface area contributed by atoms with Gasteiger partial charge in [0.1, 0.15) is 0 Å². The lowest BCUT2D eigenvalue weighted by molar-refractivity contribution is 0.125. The molecule has 0 saturated carbocycles. The predicted octanol–water partition coefficient (Wildman–Crippen LogP) is 22.0. The largest absolute Gasteiger partial charge is 0.490 e. The van der Waals surface area contributed by atoms with Crippen LogP contribution in [-0.2, 0) is 22.3 Å². The Labute approximate surface area is 458 Å². The van der Waals surface area contributed by atoms with E-state index in [1.165, 1.54) is 247 Å². The molecule has 0 N–H and O–H groups in total. The van der Waals surface area contributed by atoms with Gasteiger partial charge >= 0.3 is 0 Å². The van der Waals surface area contributed by atoms with Gasteiger partial charge in [0.05, 0.1) is 13.2 Å². The van der Waals surface area contributed by atoms with E-state index >= 15 is 0 Å². The molecule has 0 aliphatic rings.